The molecule has 2 aromatic rings. The third-order valence-corrected chi connectivity index (χ3v) is 4.10. The lowest BCUT2D eigenvalue weighted by molar-refractivity contribution is 0.0953. The molecule has 3 N–H and O–H groups in total. The average Bonchev–Trinajstić information content (AvgIpc) is 2.63. The van der Waals surface area contributed by atoms with Gasteiger partial charge in [-0.05, 0) is 54.3 Å². The third kappa shape index (κ3) is 6.01. The van der Waals surface area contributed by atoms with Crippen molar-refractivity contribution in [1.29, 1.82) is 0 Å². The number of carbonyl (C=O) groups excluding carboxylic acids is 2. The smallest absolute Gasteiger partial charge is 0.251 e. The molecule has 0 aliphatic rings. The van der Waals surface area contributed by atoms with Crippen molar-refractivity contribution in [1.82, 2.24) is 10.6 Å². The maximum Gasteiger partial charge on any atom is 0.251 e. The van der Waals surface area contributed by atoms with Crippen LogP contribution in [0, 0.1) is 0 Å². The van der Waals surface area contributed by atoms with E-state index in [4.69, 9.17) is 0 Å². The zero-order valence-corrected chi connectivity index (χ0v) is 15.3. The number of carbonyl (C=O) groups is 2. The van der Waals surface area contributed by atoms with E-state index in [2.05, 4.69) is 30.5 Å². The summed E-state index contributed by atoms with van der Waals surface area (Å²) in [5.41, 5.74) is 3.14. The number of rotatable bonds is 9. The number of phenolic OH excluding ortho intramolecular Hbond substituents is 1. The van der Waals surface area contributed by atoms with Crippen molar-refractivity contribution in [3.8, 4) is 5.75 Å². The number of aldehydes is 1. The van der Waals surface area contributed by atoms with Gasteiger partial charge in [-0.15, -0.1) is 0 Å². The van der Waals surface area contributed by atoms with Gasteiger partial charge in [0.2, 0.25) is 0 Å². The summed E-state index contributed by atoms with van der Waals surface area (Å²) in [7, 11) is 0. The van der Waals surface area contributed by atoms with Gasteiger partial charge < -0.3 is 15.7 Å². The minimum atomic E-state index is -0.178. The Hall–Kier alpha value is -2.66. The van der Waals surface area contributed by atoms with Crippen molar-refractivity contribution < 1.29 is 14.7 Å². The molecule has 138 valence electrons. The van der Waals surface area contributed by atoms with E-state index in [1.54, 1.807) is 36.4 Å². The standard InChI is InChI=1S/C21H26N2O3/c1-15(2)19-10-17(11-20(25)12-19)13-22-7-4-8-23-21(26)18-6-3-5-16(9-18)14-24/h3,5-6,9-12,14-15,22,25H,4,7-8,13H2,1-2H3,(H,23,26). The Bertz CT molecular complexity index is 757. The van der Waals surface area contributed by atoms with Crippen molar-refractivity contribution in [3.05, 3.63) is 64.7 Å². The van der Waals surface area contributed by atoms with Gasteiger partial charge in [0, 0.05) is 24.2 Å². The van der Waals surface area contributed by atoms with Crippen LogP contribution in [0.15, 0.2) is 42.5 Å². The van der Waals surface area contributed by atoms with Gasteiger partial charge in [-0.3, -0.25) is 9.59 Å². The Morgan fingerprint density at radius 2 is 1.96 bits per heavy atom. The highest BCUT2D eigenvalue weighted by atomic mass is 16.3. The molecule has 0 fully saturated rings. The molecule has 0 radical (unpaired) electrons. The molecule has 0 unspecified atom stereocenters. The van der Waals surface area contributed by atoms with Gasteiger partial charge in [0.1, 0.15) is 12.0 Å². The first-order chi connectivity index (χ1) is 12.5. The molecule has 0 saturated carbocycles. The molecular formula is C21H26N2O3. The van der Waals surface area contributed by atoms with Crippen LogP contribution in [0.3, 0.4) is 0 Å². The van der Waals surface area contributed by atoms with E-state index in [1.807, 2.05) is 0 Å². The number of aromatic hydroxyl groups is 1. The van der Waals surface area contributed by atoms with E-state index in [-0.39, 0.29) is 11.7 Å². The van der Waals surface area contributed by atoms with Crippen LogP contribution in [-0.2, 0) is 6.54 Å². The zero-order chi connectivity index (χ0) is 18.9. The monoisotopic (exact) mass is 354 g/mol. The Labute approximate surface area is 154 Å². The van der Waals surface area contributed by atoms with Gasteiger partial charge in [-0.25, -0.2) is 0 Å². The van der Waals surface area contributed by atoms with E-state index in [9.17, 15) is 14.7 Å². The maximum absolute atomic E-state index is 12.0. The first kappa shape index (κ1) is 19.7. The summed E-state index contributed by atoms with van der Waals surface area (Å²) in [4.78, 5) is 22.8. The zero-order valence-electron chi connectivity index (χ0n) is 15.3. The Morgan fingerprint density at radius 3 is 2.69 bits per heavy atom. The molecule has 0 saturated heterocycles. The molecule has 2 rings (SSSR count). The summed E-state index contributed by atoms with van der Waals surface area (Å²) >= 11 is 0. The van der Waals surface area contributed by atoms with Crippen molar-refractivity contribution in [3.63, 3.8) is 0 Å². The predicted octanol–water partition coefficient (Wildman–Crippen LogP) is 3.24. The van der Waals surface area contributed by atoms with E-state index in [0.717, 1.165) is 30.4 Å². The lowest BCUT2D eigenvalue weighted by Crippen LogP contribution is -2.27. The largest absolute Gasteiger partial charge is 0.508 e. The third-order valence-electron chi connectivity index (χ3n) is 4.10. The van der Waals surface area contributed by atoms with Gasteiger partial charge in [0.05, 0.1) is 0 Å². The van der Waals surface area contributed by atoms with E-state index in [1.165, 1.54) is 0 Å². The molecule has 0 aliphatic carbocycles. The van der Waals surface area contributed by atoms with Crippen LogP contribution >= 0.6 is 0 Å². The second-order valence-corrected chi connectivity index (χ2v) is 6.62. The highest BCUT2D eigenvalue weighted by Gasteiger charge is 2.06. The molecule has 0 spiro atoms. The van der Waals surface area contributed by atoms with Crippen LogP contribution in [0.25, 0.3) is 0 Å². The molecule has 0 aromatic heterocycles. The molecule has 5 nitrogen and oxygen atoms in total. The minimum Gasteiger partial charge on any atom is -0.508 e. The number of amides is 1. The quantitative estimate of drug-likeness (QED) is 0.477. The van der Waals surface area contributed by atoms with Crippen molar-refractivity contribution in [2.24, 2.45) is 0 Å². The van der Waals surface area contributed by atoms with Crippen LogP contribution in [-0.4, -0.2) is 30.4 Å². The second kappa shape index (κ2) is 9.73. The Kier molecular flexibility index (Phi) is 7.36. The van der Waals surface area contributed by atoms with E-state index in [0.29, 0.717) is 30.1 Å². The highest BCUT2D eigenvalue weighted by molar-refractivity contribution is 5.95. The maximum atomic E-state index is 12.0. The fourth-order valence-electron chi connectivity index (χ4n) is 2.64. The summed E-state index contributed by atoms with van der Waals surface area (Å²) in [6.45, 7) is 6.16. The number of phenols is 1. The summed E-state index contributed by atoms with van der Waals surface area (Å²) in [6.07, 6.45) is 1.52. The molecule has 0 aliphatic heterocycles. The molecule has 5 heteroatoms. The Morgan fingerprint density at radius 1 is 1.15 bits per heavy atom. The molecule has 0 heterocycles. The molecule has 0 bridgehead atoms. The van der Waals surface area contributed by atoms with Gasteiger partial charge in [0.15, 0.2) is 0 Å². The van der Waals surface area contributed by atoms with Gasteiger partial charge >= 0.3 is 0 Å². The molecule has 26 heavy (non-hydrogen) atoms. The molecular weight excluding hydrogens is 328 g/mol. The second-order valence-electron chi connectivity index (χ2n) is 6.62. The first-order valence-corrected chi connectivity index (χ1v) is 8.86. The lowest BCUT2D eigenvalue weighted by Gasteiger charge is -2.11. The van der Waals surface area contributed by atoms with Crippen LogP contribution in [0.2, 0.25) is 0 Å². The SMILES string of the molecule is CC(C)c1cc(O)cc(CNCCCNC(=O)c2cccc(C=O)c2)c1. The molecule has 0 atom stereocenters. The van der Waals surface area contributed by atoms with Crippen molar-refractivity contribution in [2.75, 3.05) is 13.1 Å². The first-order valence-electron chi connectivity index (χ1n) is 8.86. The van der Waals surface area contributed by atoms with Crippen LogP contribution in [0.1, 0.15) is 58.0 Å². The van der Waals surface area contributed by atoms with Crippen molar-refractivity contribution in [2.45, 2.75) is 32.7 Å². The lowest BCUT2D eigenvalue weighted by atomic mass is 10.0. The van der Waals surface area contributed by atoms with Crippen molar-refractivity contribution >= 4 is 12.2 Å². The summed E-state index contributed by atoms with van der Waals surface area (Å²) in [6, 6.07) is 12.3. The summed E-state index contributed by atoms with van der Waals surface area (Å²) in [5, 5.41) is 16.0. The molecule has 1 amide bonds. The number of hydrogen-bond donors (Lipinski definition) is 3. The van der Waals surface area contributed by atoms with Crippen LogP contribution < -0.4 is 10.6 Å². The fraction of sp³-hybridized carbons (Fsp3) is 0.333. The fourth-order valence-corrected chi connectivity index (χ4v) is 2.64. The highest BCUT2D eigenvalue weighted by Crippen LogP contribution is 2.22. The van der Waals surface area contributed by atoms with Gasteiger partial charge in [-0.1, -0.05) is 32.0 Å². The normalized spacial score (nSPS) is 10.7. The number of hydrogen-bond acceptors (Lipinski definition) is 4. The summed E-state index contributed by atoms with van der Waals surface area (Å²) < 4.78 is 0. The van der Waals surface area contributed by atoms with E-state index < -0.39 is 0 Å². The average molecular weight is 354 g/mol. The predicted molar refractivity (Wildman–Crippen MR) is 103 cm³/mol. The summed E-state index contributed by atoms with van der Waals surface area (Å²) in [5.74, 6) is 0.481. The van der Waals surface area contributed by atoms with Crippen LogP contribution in [0.4, 0.5) is 0 Å². The van der Waals surface area contributed by atoms with E-state index >= 15 is 0 Å². The topological polar surface area (TPSA) is 78.4 Å². The van der Waals surface area contributed by atoms with Crippen LogP contribution in [0.5, 0.6) is 5.75 Å². The minimum absolute atomic E-state index is 0.178. The van der Waals surface area contributed by atoms with Gasteiger partial charge in [-0.2, -0.15) is 0 Å². The Balaban J connectivity index is 1.71. The molecule has 2 aromatic carbocycles. The number of benzene rings is 2. The number of nitrogens with one attached hydrogen (secondary N) is 2. The van der Waals surface area contributed by atoms with Gasteiger partial charge in [0.25, 0.3) is 5.91 Å².